The first-order valence-electron chi connectivity index (χ1n) is 4.60. The molecular formula is C11H15ClSi. The molecule has 0 saturated carbocycles. The molecule has 0 nitrogen and oxygen atoms in total. The van der Waals surface area contributed by atoms with Gasteiger partial charge in [0.15, 0.2) is 0 Å². The van der Waals surface area contributed by atoms with Crippen LogP contribution in [0.15, 0.2) is 43.0 Å². The van der Waals surface area contributed by atoms with Crippen LogP contribution >= 0.6 is 11.6 Å². The highest BCUT2D eigenvalue weighted by atomic mass is 35.5. The molecule has 0 aliphatic heterocycles. The molecule has 0 bridgehead atoms. The minimum absolute atomic E-state index is 0.777. The Morgan fingerprint density at radius 2 is 2.00 bits per heavy atom. The van der Waals surface area contributed by atoms with Crippen molar-refractivity contribution in [3.63, 3.8) is 0 Å². The summed E-state index contributed by atoms with van der Waals surface area (Å²) in [6.07, 6.45) is 2.02. The van der Waals surface area contributed by atoms with Crippen LogP contribution in [0.2, 0.25) is 12.1 Å². The topological polar surface area (TPSA) is 0 Å². The number of hydrogen-bond acceptors (Lipinski definition) is 0. The normalized spacial score (nSPS) is 12.4. The number of hydrogen-bond donors (Lipinski definition) is 0. The maximum Gasteiger partial charge on any atom is 0.0756 e. The first-order chi connectivity index (χ1) is 6.38. The molecule has 0 aliphatic carbocycles. The van der Waals surface area contributed by atoms with Crippen LogP contribution < -0.4 is 5.19 Å². The third kappa shape index (κ3) is 3.37. The Labute approximate surface area is 86.8 Å². The van der Waals surface area contributed by atoms with Crippen LogP contribution in [0, 0.1) is 0 Å². The highest BCUT2D eigenvalue weighted by molar-refractivity contribution is 6.74. The van der Waals surface area contributed by atoms with Gasteiger partial charge in [-0.2, -0.15) is 0 Å². The van der Waals surface area contributed by atoms with Gasteiger partial charge in [-0.3, -0.25) is 0 Å². The third-order valence-corrected chi connectivity index (χ3v) is 5.98. The molecule has 0 saturated heterocycles. The van der Waals surface area contributed by atoms with Crippen LogP contribution in [0.4, 0.5) is 0 Å². The second kappa shape index (κ2) is 6.00. The van der Waals surface area contributed by atoms with E-state index in [0.29, 0.717) is 0 Å². The molecule has 0 amide bonds. The minimum atomic E-state index is -0.842. The summed E-state index contributed by atoms with van der Waals surface area (Å²) in [7, 11) is -0.842. The van der Waals surface area contributed by atoms with Gasteiger partial charge < -0.3 is 0 Å². The van der Waals surface area contributed by atoms with E-state index in [9.17, 15) is 0 Å². The van der Waals surface area contributed by atoms with Crippen LogP contribution in [0.3, 0.4) is 0 Å². The monoisotopic (exact) mass is 210 g/mol. The van der Waals surface area contributed by atoms with Gasteiger partial charge in [0.05, 0.1) is 8.80 Å². The van der Waals surface area contributed by atoms with Crippen molar-refractivity contribution in [2.24, 2.45) is 0 Å². The van der Waals surface area contributed by atoms with E-state index >= 15 is 0 Å². The molecule has 13 heavy (non-hydrogen) atoms. The van der Waals surface area contributed by atoms with E-state index in [4.69, 9.17) is 11.6 Å². The van der Waals surface area contributed by atoms with Crippen molar-refractivity contribution in [3.8, 4) is 0 Å². The average molecular weight is 211 g/mol. The molecule has 1 rings (SSSR count). The van der Waals surface area contributed by atoms with Crippen LogP contribution in [-0.2, 0) is 0 Å². The van der Waals surface area contributed by atoms with Gasteiger partial charge in [-0.05, 0) is 12.1 Å². The summed E-state index contributed by atoms with van der Waals surface area (Å²) < 4.78 is 0. The lowest BCUT2D eigenvalue weighted by atomic mass is 10.4. The Morgan fingerprint density at radius 3 is 2.54 bits per heavy atom. The predicted octanol–water partition coefficient (Wildman–Crippen LogP) is 2.55. The number of halogens is 1. The molecule has 0 heterocycles. The smallest absolute Gasteiger partial charge is 0.0756 e. The van der Waals surface area contributed by atoms with Gasteiger partial charge in [0, 0.05) is 5.88 Å². The molecular weight excluding hydrogens is 196 g/mol. The second-order valence-electron chi connectivity index (χ2n) is 3.11. The Hall–Kier alpha value is -0.533. The van der Waals surface area contributed by atoms with Crippen molar-refractivity contribution in [3.05, 3.63) is 43.0 Å². The lowest BCUT2D eigenvalue weighted by Crippen LogP contribution is -2.29. The fourth-order valence-electron chi connectivity index (χ4n) is 1.48. The lowest BCUT2D eigenvalue weighted by molar-refractivity contribution is 1.40. The zero-order valence-corrected chi connectivity index (χ0v) is 9.66. The molecule has 1 aromatic rings. The summed E-state index contributed by atoms with van der Waals surface area (Å²) in [6.45, 7) is 3.80. The average Bonchev–Trinajstić information content (AvgIpc) is 2.19. The molecule has 0 fully saturated rings. The van der Waals surface area contributed by atoms with E-state index in [0.717, 1.165) is 18.0 Å². The molecule has 1 unspecified atom stereocenters. The predicted molar refractivity (Wildman–Crippen MR) is 63.8 cm³/mol. The molecule has 1 aromatic carbocycles. The Morgan fingerprint density at radius 1 is 1.31 bits per heavy atom. The van der Waals surface area contributed by atoms with Gasteiger partial charge >= 0.3 is 0 Å². The van der Waals surface area contributed by atoms with E-state index in [1.165, 1.54) is 5.19 Å². The quantitative estimate of drug-likeness (QED) is 0.398. The van der Waals surface area contributed by atoms with Crippen molar-refractivity contribution >= 4 is 25.6 Å². The Balaban J connectivity index is 2.69. The zero-order chi connectivity index (χ0) is 9.52. The highest BCUT2D eigenvalue weighted by Gasteiger charge is 2.09. The van der Waals surface area contributed by atoms with Crippen molar-refractivity contribution in [2.45, 2.75) is 12.1 Å². The summed E-state index contributed by atoms with van der Waals surface area (Å²) >= 11 is 5.78. The van der Waals surface area contributed by atoms with Crippen molar-refractivity contribution < 1.29 is 0 Å². The van der Waals surface area contributed by atoms with Crippen LogP contribution in [0.5, 0.6) is 0 Å². The van der Waals surface area contributed by atoms with Gasteiger partial charge in [0.1, 0.15) is 0 Å². The van der Waals surface area contributed by atoms with E-state index in [1.54, 1.807) is 0 Å². The minimum Gasteiger partial charge on any atom is -0.127 e. The largest absolute Gasteiger partial charge is 0.127 e. The van der Waals surface area contributed by atoms with Gasteiger partial charge in [-0.15, -0.1) is 18.2 Å². The summed E-state index contributed by atoms with van der Waals surface area (Å²) in [6, 6.07) is 13.0. The maximum absolute atomic E-state index is 5.78. The molecule has 0 aromatic heterocycles. The van der Waals surface area contributed by atoms with Gasteiger partial charge in [0.25, 0.3) is 0 Å². The lowest BCUT2D eigenvalue weighted by Gasteiger charge is -2.11. The third-order valence-electron chi connectivity index (χ3n) is 2.18. The molecule has 1 atom stereocenters. The van der Waals surface area contributed by atoms with Crippen molar-refractivity contribution in [1.82, 2.24) is 0 Å². The zero-order valence-electron chi connectivity index (χ0n) is 7.75. The molecule has 0 aliphatic rings. The number of rotatable bonds is 5. The van der Waals surface area contributed by atoms with E-state index < -0.39 is 8.80 Å². The van der Waals surface area contributed by atoms with Gasteiger partial charge in [-0.25, -0.2) is 0 Å². The fraction of sp³-hybridized carbons (Fsp3) is 0.273. The molecule has 70 valence electrons. The van der Waals surface area contributed by atoms with Crippen LogP contribution in [-0.4, -0.2) is 14.7 Å². The molecule has 0 N–H and O–H groups in total. The number of allylic oxidation sites excluding steroid dienone is 1. The fourth-order valence-corrected chi connectivity index (χ4v) is 4.54. The van der Waals surface area contributed by atoms with Crippen molar-refractivity contribution in [2.75, 3.05) is 5.88 Å². The standard InChI is InChI=1S/C11H15ClSi/c1-2-9-13(10-8-12)11-6-4-3-5-7-11/h2-7,13H,1,8-10H2. The molecule has 0 radical (unpaired) electrons. The van der Waals surface area contributed by atoms with E-state index in [1.807, 2.05) is 6.08 Å². The molecule has 2 heteroatoms. The van der Waals surface area contributed by atoms with E-state index in [-0.39, 0.29) is 0 Å². The first-order valence-corrected chi connectivity index (χ1v) is 7.34. The van der Waals surface area contributed by atoms with Crippen molar-refractivity contribution in [1.29, 1.82) is 0 Å². The van der Waals surface area contributed by atoms with Gasteiger partial charge in [0.2, 0.25) is 0 Å². The van der Waals surface area contributed by atoms with Crippen LogP contribution in [0.25, 0.3) is 0 Å². The highest BCUT2D eigenvalue weighted by Crippen LogP contribution is 2.03. The Bertz CT molecular complexity index is 246. The SMILES string of the molecule is C=CC[SiH](CCCl)c1ccccc1. The summed E-state index contributed by atoms with van der Waals surface area (Å²) in [5.41, 5.74) is 0. The summed E-state index contributed by atoms with van der Waals surface area (Å²) in [4.78, 5) is 0. The summed E-state index contributed by atoms with van der Waals surface area (Å²) in [5.74, 6) is 0.777. The van der Waals surface area contributed by atoms with E-state index in [2.05, 4.69) is 36.9 Å². The second-order valence-corrected chi connectivity index (χ2v) is 6.60. The number of benzene rings is 1. The van der Waals surface area contributed by atoms with Gasteiger partial charge in [-0.1, -0.05) is 41.6 Å². The molecule has 0 spiro atoms. The summed E-state index contributed by atoms with van der Waals surface area (Å²) in [5, 5.41) is 1.50. The van der Waals surface area contributed by atoms with Crippen LogP contribution in [0.1, 0.15) is 0 Å². The maximum atomic E-state index is 5.78. The number of alkyl halides is 1. The first kappa shape index (κ1) is 10.5. The Kier molecular flexibility index (Phi) is 4.87.